The van der Waals surface area contributed by atoms with E-state index in [1.807, 2.05) is 0 Å². The van der Waals surface area contributed by atoms with E-state index in [1.165, 1.54) is 19.1 Å². The Morgan fingerprint density at radius 3 is 2.72 bits per heavy atom. The van der Waals surface area contributed by atoms with Crippen LogP contribution in [0.4, 0.5) is 5.69 Å². The maximum atomic E-state index is 11.1. The predicted octanol–water partition coefficient (Wildman–Crippen LogP) is 1.66. The Kier molecular flexibility index (Phi) is 4.98. The van der Waals surface area contributed by atoms with Gasteiger partial charge < -0.3 is 4.74 Å². The second kappa shape index (κ2) is 6.48. The van der Waals surface area contributed by atoms with Crippen molar-refractivity contribution in [1.29, 1.82) is 0 Å². The lowest BCUT2D eigenvalue weighted by Gasteiger charge is -2.03. The fourth-order valence-corrected chi connectivity index (χ4v) is 1.36. The maximum Gasteiger partial charge on any atom is 0.313 e. The first-order valence-electron chi connectivity index (χ1n) is 5.37. The summed E-state index contributed by atoms with van der Waals surface area (Å²) in [4.78, 5) is 31.8. The molecule has 0 aliphatic heterocycles. The Labute approximate surface area is 104 Å². The first kappa shape index (κ1) is 13.8. The minimum Gasteiger partial charge on any atom is -0.465 e. The van der Waals surface area contributed by atoms with Gasteiger partial charge in [0.15, 0.2) is 0 Å². The highest BCUT2D eigenvalue weighted by molar-refractivity contribution is 5.94. The molecule has 0 heterocycles. The van der Waals surface area contributed by atoms with E-state index < -0.39 is 10.9 Å². The lowest BCUT2D eigenvalue weighted by Crippen LogP contribution is -2.11. The number of Topliss-reactive ketones (excluding diaryl/α,β-unsaturated/α-hetero) is 1. The number of nitro groups is 1. The predicted molar refractivity (Wildman–Crippen MR) is 63.1 cm³/mol. The summed E-state index contributed by atoms with van der Waals surface area (Å²) < 4.78 is 4.83. The summed E-state index contributed by atoms with van der Waals surface area (Å²) in [5, 5.41) is 10.5. The molecule has 1 aromatic carbocycles. The lowest BCUT2D eigenvalue weighted by atomic mass is 10.1. The molecule has 0 spiro atoms. The number of carbonyl (C=O) groups is 2. The molecule has 0 radical (unpaired) electrons. The third kappa shape index (κ3) is 4.73. The van der Waals surface area contributed by atoms with Crippen LogP contribution in [0, 0.1) is 10.1 Å². The van der Waals surface area contributed by atoms with Gasteiger partial charge in [-0.15, -0.1) is 0 Å². The summed E-state index contributed by atoms with van der Waals surface area (Å²) >= 11 is 0. The van der Waals surface area contributed by atoms with E-state index in [9.17, 15) is 19.7 Å². The number of esters is 1. The van der Waals surface area contributed by atoms with Gasteiger partial charge in [0.1, 0.15) is 12.2 Å². The van der Waals surface area contributed by atoms with E-state index in [1.54, 1.807) is 12.1 Å². The van der Waals surface area contributed by atoms with E-state index in [2.05, 4.69) is 0 Å². The van der Waals surface area contributed by atoms with Crippen molar-refractivity contribution >= 4 is 17.4 Å². The molecule has 0 unspecified atom stereocenters. The third-order valence-electron chi connectivity index (χ3n) is 2.17. The quantitative estimate of drug-likeness (QED) is 0.332. The van der Waals surface area contributed by atoms with Crippen LogP contribution in [0.2, 0.25) is 0 Å². The van der Waals surface area contributed by atoms with Crippen LogP contribution >= 0.6 is 0 Å². The number of nitro benzene ring substituents is 1. The van der Waals surface area contributed by atoms with Crippen LogP contribution in [-0.4, -0.2) is 23.3 Å². The first-order valence-corrected chi connectivity index (χ1v) is 5.37. The van der Waals surface area contributed by atoms with E-state index in [4.69, 9.17) is 4.74 Å². The van der Waals surface area contributed by atoms with E-state index >= 15 is 0 Å². The molecule has 0 bridgehead atoms. The van der Waals surface area contributed by atoms with Crippen LogP contribution in [0.5, 0.6) is 0 Å². The van der Waals surface area contributed by atoms with Gasteiger partial charge in [0.25, 0.3) is 5.69 Å². The van der Waals surface area contributed by atoms with Gasteiger partial charge in [0.05, 0.1) is 11.5 Å². The standard InChI is InChI=1S/C12H13NO5/c1-9(14)7-12(15)18-6-5-10-3-2-4-11(8-10)13(16)17/h2-4,8H,5-7H2,1H3. The average Bonchev–Trinajstić information content (AvgIpc) is 2.28. The van der Waals surface area contributed by atoms with Gasteiger partial charge in [0.2, 0.25) is 0 Å². The number of ether oxygens (including phenoxy) is 1. The summed E-state index contributed by atoms with van der Waals surface area (Å²) in [5.41, 5.74) is 0.711. The highest BCUT2D eigenvalue weighted by Crippen LogP contribution is 2.13. The zero-order valence-corrected chi connectivity index (χ0v) is 9.92. The molecule has 0 N–H and O–H groups in total. The van der Waals surface area contributed by atoms with Crippen molar-refractivity contribution in [3.63, 3.8) is 0 Å². The van der Waals surface area contributed by atoms with Crippen LogP contribution in [0.3, 0.4) is 0 Å². The molecule has 0 aliphatic carbocycles. The molecule has 6 heteroatoms. The Morgan fingerprint density at radius 2 is 2.11 bits per heavy atom. The highest BCUT2D eigenvalue weighted by atomic mass is 16.6. The van der Waals surface area contributed by atoms with Crippen molar-refractivity contribution in [3.8, 4) is 0 Å². The molecule has 0 saturated carbocycles. The van der Waals surface area contributed by atoms with Crippen molar-refractivity contribution in [2.45, 2.75) is 19.8 Å². The summed E-state index contributed by atoms with van der Waals surface area (Å²) in [5.74, 6) is -0.830. The minimum atomic E-state index is -0.576. The molecule has 0 amide bonds. The maximum absolute atomic E-state index is 11.1. The largest absolute Gasteiger partial charge is 0.465 e. The number of non-ortho nitro benzene ring substituents is 1. The molecular formula is C12H13NO5. The Balaban J connectivity index is 2.44. The van der Waals surface area contributed by atoms with Crippen molar-refractivity contribution in [2.75, 3.05) is 6.61 Å². The second-order valence-corrected chi connectivity index (χ2v) is 3.78. The van der Waals surface area contributed by atoms with Gasteiger partial charge in [0, 0.05) is 18.6 Å². The molecule has 1 aromatic rings. The second-order valence-electron chi connectivity index (χ2n) is 3.78. The van der Waals surface area contributed by atoms with E-state index in [0.29, 0.717) is 12.0 Å². The Bertz CT molecular complexity index is 469. The normalized spacial score (nSPS) is 9.83. The number of ketones is 1. The lowest BCUT2D eigenvalue weighted by molar-refractivity contribution is -0.384. The van der Waals surface area contributed by atoms with Crippen molar-refractivity contribution < 1.29 is 19.2 Å². The van der Waals surface area contributed by atoms with Gasteiger partial charge >= 0.3 is 5.97 Å². The number of hydrogen-bond donors (Lipinski definition) is 0. The molecule has 0 fully saturated rings. The monoisotopic (exact) mass is 251 g/mol. The van der Waals surface area contributed by atoms with Crippen LogP contribution in [0.25, 0.3) is 0 Å². The van der Waals surface area contributed by atoms with Gasteiger partial charge in [-0.25, -0.2) is 0 Å². The highest BCUT2D eigenvalue weighted by Gasteiger charge is 2.08. The summed E-state index contributed by atoms with van der Waals surface area (Å²) in [6, 6.07) is 6.11. The summed E-state index contributed by atoms with van der Waals surface area (Å²) in [6.07, 6.45) is 0.139. The fourth-order valence-electron chi connectivity index (χ4n) is 1.36. The average molecular weight is 251 g/mol. The molecule has 1 rings (SSSR count). The molecule has 18 heavy (non-hydrogen) atoms. The number of carbonyl (C=O) groups excluding carboxylic acids is 2. The van der Waals surface area contributed by atoms with Gasteiger partial charge in [-0.05, 0) is 12.5 Å². The first-order chi connectivity index (χ1) is 8.49. The minimum absolute atomic E-state index is 0.00237. The van der Waals surface area contributed by atoms with Crippen molar-refractivity contribution in [3.05, 3.63) is 39.9 Å². The van der Waals surface area contributed by atoms with E-state index in [-0.39, 0.29) is 24.5 Å². The number of rotatable bonds is 6. The van der Waals surface area contributed by atoms with Crippen LogP contribution < -0.4 is 0 Å². The van der Waals surface area contributed by atoms with Crippen LogP contribution in [0.15, 0.2) is 24.3 Å². The van der Waals surface area contributed by atoms with Crippen LogP contribution in [0.1, 0.15) is 18.9 Å². The molecule has 6 nitrogen and oxygen atoms in total. The molecular weight excluding hydrogens is 238 g/mol. The molecule has 0 aromatic heterocycles. The fraction of sp³-hybridized carbons (Fsp3) is 0.333. The topological polar surface area (TPSA) is 86.5 Å². The van der Waals surface area contributed by atoms with E-state index in [0.717, 1.165) is 0 Å². The summed E-state index contributed by atoms with van der Waals surface area (Å²) in [6.45, 7) is 1.41. The van der Waals surface area contributed by atoms with Crippen molar-refractivity contribution in [1.82, 2.24) is 0 Å². The SMILES string of the molecule is CC(=O)CC(=O)OCCc1cccc([N+](=O)[O-])c1. The molecule has 0 atom stereocenters. The van der Waals surface area contributed by atoms with Crippen LogP contribution in [-0.2, 0) is 20.7 Å². The number of nitrogens with zero attached hydrogens (tertiary/aromatic N) is 1. The summed E-state index contributed by atoms with van der Waals surface area (Å²) in [7, 11) is 0. The van der Waals surface area contributed by atoms with Crippen molar-refractivity contribution in [2.24, 2.45) is 0 Å². The third-order valence-corrected chi connectivity index (χ3v) is 2.17. The Hall–Kier alpha value is -2.24. The zero-order chi connectivity index (χ0) is 13.5. The van der Waals surface area contributed by atoms with Gasteiger partial charge in [-0.3, -0.25) is 19.7 Å². The number of hydrogen-bond acceptors (Lipinski definition) is 5. The number of benzene rings is 1. The van der Waals surface area contributed by atoms with Gasteiger partial charge in [-0.1, -0.05) is 12.1 Å². The molecule has 0 aliphatic rings. The zero-order valence-electron chi connectivity index (χ0n) is 9.92. The smallest absolute Gasteiger partial charge is 0.313 e. The molecule has 96 valence electrons. The molecule has 0 saturated heterocycles. The Morgan fingerprint density at radius 1 is 1.39 bits per heavy atom. The van der Waals surface area contributed by atoms with Gasteiger partial charge in [-0.2, -0.15) is 0 Å².